The minimum Gasteiger partial charge on any atom is -0.184 e. The molecule has 2 heteroatoms. The van der Waals surface area contributed by atoms with E-state index < -0.39 is 8.07 Å². The molecule has 1 unspecified atom stereocenters. The van der Waals surface area contributed by atoms with Crippen molar-refractivity contribution in [1.82, 2.24) is 0 Å². The fourth-order valence-electron chi connectivity index (χ4n) is 4.98. The first kappa shape index (κ1) is 38.1. The van der Waals surface area contributed by atoms with E-state index >= 15 is 0 Å². The molecule has 5 rings (SSSR count). The smallest absolute Gasteiger partial charge is 0.171 e. The van der Waals surface area contributed by atoms with Crippen LogP contribution < -0.4 is 0 Å². The monoisotopic (exact) mass is 652 g/mol. The molecule has 0 N–H and O–H groups in total. The van der Waals surface area contributed by atoms with Crippen LogP contribution >= 0.6 is 0 Å². The van der Waals surface area contributed by atoms with Crippen LogP contribution in [-0.2, 0) is 41.5 Å². The second-order valence-electron chi connectivity index (χ2n) is 13.8. The summed E-state index contributed by atoms with van der Waals surface area (Å²) in [5, 5.41) is 1.60. The SMILES string of the molecule is CC(C)(C)c1c[c-]c2c(c1)-c1cc(C(C)(C)C)ccc1C2.CC1=[C-]C(C)C=C1[Si](C)(C)C.[CH2-]C.[CH2]=[Zr].[c-]1ccccc1. The molecule has 3 aromatic rings. The average Bonchev–Trinajstić information content (AvgIpc) is 3.49. The quantitative estimate of drug-likeness (QED) is 0.142. The average molecular weight is 654 g/mol. The summed E-state index contributed by atoms with van der Waals surface area (Å²) in [6.07, 6.45) is 6.84. The first-order valence-corrected chi connectivity index (χ1v) is 20.3. The summed E-state index contributed by atoms with van der Waals surface area (Å²) in [7, 11) is -1.07. The van der Waals surface area contributed by atoms with Crippen LogP contribution in [0.3, 0.4) is 0 Å². The molecular weight excluding hydrogens is 600 g/mol. The molecule has 0 bridgehead atoms. The van der Waals surface area contributed by atoms with Crippen molar-refractivity contribution in [3.8, 4) is 11.1 Å². The van der Waals surface area contributed by atoms with Gasteiger partial charge in [-0.3, -0.25) is 6.08 Å². The van der Waals surface area contributed by atoms with Crippen molar-refractivity contribution in [2.24, 2.45) is 5.92 Å². The molecule has 0 amide bonds. The van der Waals surface area contributed by atoms with Crippen molar-refractivity contribution in [1.29, 1.82) is 0 Å². The fourth-order valence-corrected chi connectivity index (χ4v) is 6.92. The third kappa shape index (κ3) is 11.3. The maximum Gasteiger partial charge on any atom is -0.171 e. The van der Waals surface area contributed by atoms with E-state index in [0.29, 0.717) is 5.92 Å². The van der Waals surface area contributed by atoms with Crippen molar-refractivity contribution >= 4 is 12.3 Å². The van der Waals surface area contributed by atoms with Gasteiger partial charge in [0.1, 0.15) is 0 Å². The molecule has 42 heavy (non-hydrogen) atoms. The second kappa shape index (κ2) is 16.8. The summed E-state index contributed by atoms with van der Waals surface area (Å²) in [4.78, 5) is 0. The third-order valence-electron chi connectivity index (χ3n) is 7.21. The topological polar surface area (TPSA) is 0 Å². The zero-order valence-corrected chi connectivity index (χ0v) is 32.0. The summed E-state index contributed by atoms with van der Waals surface area (Å²) in [5.41, 5.74) is 10.2. The van der Waals surface area contributed by atoms with Gasteiger partial charge in [-0.2, -0.15) is 78.7 Å². The summed E-state index contributed by atoms with van der Waals surface area (Å²) < 4.78 is 3.34. The number of rotatable bonds is 1. The minimum absolute atomic E-state index is 0.177. The van der Waals surface area contributed by atoms with Crippen molar-refractivity contribution in [2.45, 2.75) is 99.2 Å². The standard InChI is InChI=1S/C21H25.C10H17Si.C6H5.C2H5.CH2.Zr/c1-20(2,3)16-9-7-14-11-15-8-10-17(21(4,5)6)13-19(15)18(14)12-16;1-8-6-9(2)10(7-8)11(3,4)5;1-2-4-6-5-3-1;1-2;;/h7,9-10,12-13H,11H2,1-6H3;7-8H,1-5H3;1-5H;1H2,2H3;1H2;/q4*-1;;. The maximum atomic E-state index is 3.53. The van der Waals surface area contributed by atoms with E-state index in [1.165, 1.54) is 63.2 Å². The van der Waals surface area contributed by atoms with Crippen LogP contribution in [0.25, 0.3) is 11.1 Å². The van der Waals surface area contributed by atoms with Gasteiger partial charge in [-0.25, -0.2) is 10.8 Å². The van der Waals surface area contributed by atoms with Gasteiger partial charge < -0.3 is 6.92 Å². The first-order chi connectivity index (χ1) is 19.6. The Bertz CT molecular complexity index is 1220. The molecule has 1 atom stereocenters. The van der Waals surface area contributed by atoms with E-state index in [-0.39, 0.29) is 10.8 Å². The number of hydrogen-bond acceptors (Lipinski definition) is 0. The van der Waals surface area contributed by atoms with Gasteiger partial charge in [0.15, 0.2) is 0 Å². The van der Waals surface area contributed by atoms with Gasteiger partial charge >= 0.3 is 28.4 Å². The molecule has 0 saturated heterocycles. The zero-order chi connectivity index (χ0) is 32.3. The van der Waals surface area contributed by atoms with E-state index in [1.807, 2.05) is 30.3 Å². The molecule has 0 aliphatic heterocycles. The van der Waals surface area contributed by atoms with Crippen LogP contribution in [0.4, 0.5) is 0 Å². The summed E-state index contributed by atoms with van der Waals surface area (Å²) >= 11 is 1.30. The molecular formula is C40H54SiZr-4. The molecule has 0 spiro atoms. The Kier molecular flexibility index (Phi) is 15.3. The zero-order valence-electron chi connectivity index (χ0n) is 28.5. The Labute approximate surface area is 276 Å². The molecule has 0 heterocycles. The number of allylic oxidation sites excluding steroid dienone is 4. The van der Waals surface area contributed by atoms with E-state index in [9.17, 15) is 0 Å². The van der Waals surface area contributed by atoms with E-state index in [0.717, 1.165) is 6.42 Å². The normalized spacial score (nSPS) is 14.9. The van der Waals surface area contributed by atoms with Gasteiger partial charge in [0, 0.05) is 0 Å². The van der Waals surface area contributed by atoms with Crippen molar-refractivity contribution in [3.63, 3.8) is 0 Å². The molecule has 0 aromatic heterocycles. The predicted molar refractivity (Wildman–Crippen MR) is 187 cm³/mol. The van der Waals surface area contributed by atoms with Gasteiger partial charge in [-0.15, -0.1) is 5.56 Å². The summed E-state index contributed by atoms with van der Waals surface area (Å²) in [5.74, 6) is 0.553. The van der Waals surface area contributed by atoms with Crippen molar-refractivity contribution in [3.05, 3.63) is 125 Å². The molecule has 0 nitrogen and oxygen atoms in total. The molecule has 2 aliphatic rings. The summed E-state index contributed by atoms with van der Waals surface area (Å²) in [6.45, 7) is 30.2. The minimum atomic E-state index is -1.07. The first-order valence-electron chi connectivity index (χ1n) is 15.1. The Morgan fingerprint density at radius 3 is 1.79 bits per heavy atom. The molecule has 0 saturated carbocycles. The number of hydrogen-bond donors (Lipinski definition) is 0. The van der Waals surface area contributed by atoms with Crippen molar-refractivity contribution < 1.29 is 24.2 Å². The Balaban J connectivity index is 0.000000350. The van der Waals surface area contributed by atoms with Gasteiger partial charge in [0.25, 0.3) is 0 Å². The van der Waals surface area contributed by atoms with Crippen LogP contribution in [0.5, 0.6) is 0 Å². The Morgan fingerprint density at radius 2 is 1.40 bits per heavy atom. The Morgan fingerprint density at radius 1 is 0.857 bits per heavy atom. The van der Waals surface area contributed by atoms with Crippen molar-refractivity contribution in [2.75, 3.05) is 0 Å². The van der Waals surface area contributed by atoms with Gasteiger partial charge in [0.05, 0.1) is 0 Å². The largest absolute Gasteiger partial charge is 0.184 e. The number of fused-ring (bicyclic) bond motifs is 3. The van der Waals surface area contributed by atoms with Crippen LogP contribution in [0.2, 0.25) is 19.6 Å². The van der Waals surface area contributed by atoms with Gasteiger partial charge in [-0.05, 0) is 25.5 Å². The van der Waals surface area contributed by atoms with Gasteiger partial charge in [-0.1, -0.05) is 116 Å². The molecule has 2 aliphatic carbocycles. The van der Waals surface area contributed by atoms with E-state index in [1.54, 1.807) is 12.1 Å². The second-order valence-corrected chi connectivity index (χ2v) is 18.8. The molecule has 226 valence electrons. The van der Waals surface area contributed by atoms with E-state index in [4.69, 9.17) is 0 Å². The molecule has 3 aromatic carbocycles. The van der Waals surface area contributed by atoms with Gasteiger partial charge in [0.2, 0.25) is 0 Å². The third-order valence-corrected chi connectivity index (χ3v) is 9.36. The fraction of sp³-hybridized carbons (Fsp3) is 0.400. The van der Waals surface area contributed by atoms with Crippen LogP contribution in [0, 0.1) is 31.1 Å². The van der Waals surface area contributed by atoms with E-state index in [2.05, 4.69) is 141 Å². The maximum absolute atomic E-state index is 3.53. The Hall–Kier alpha value is -1.89. The number of benzene rings is 3. The summed E-state index contributed by atoms with van der Waals surface area (Å²) in [6, 6.07) is 27.6. The van der Waals surface area contributed by atoms with Crippen LogP contribution in [0.15, 0.2) is 77.5 Å². The molecule has 0 radical (unpaired) electrons. The molecule has 0 fully saturated rings. The van der Waals surface area contributed by atoms with Crippen LogP contribution in [0.1, 0.15) is 84.6 Å². The van der Waals surface area contributed by atoms with Crippen LogP contribution in [-0.4, -0.2) is 12.3 Å². The predicted octanol–water partition coefficient (Wildman–Crippen LogP) is 11.1.